The number of anilines is 1. The highest BCUT2D eigenvalue weighted by Gasteiger charge is 2.27. The van der Waals surface area contributed by atoms with Gasteiger partial charge in [0.05, 0.1) is 19.0 Å². The second kappa shape index (κ2) is 7.58. The Labute approximate surface area is 148 Å². The van der Waals surface area contributed by atoms with Crippen LogP contribution in [-0.2, 0) is 9.47 Å². The summed E-state index contributed by atoms with van der Waals surface area (Å²) in [6, 6.07) is 1.65. The summed E-state index contributed by atoms with van der Waals surface area (Å²) in [6.07, 6.45) is -0.149. The average Bonchev–Trinajstić information content (AvgIpc) is 2.40. The number of ether oxygens (including phenoxy) is 3. The second-order valence-corrected chi connectivity index (χ2v) is 7.45. The summed E-state index contributed by atoms with van der Waals surface area (Å²) in [5, 5.41) is 0.957. The fraction of sp³-hybridized carbons (Fsp3) is 0.588. The van der Waals surface area contributed by atoms with Gasteiger partial charge in [0.15, 0.2) is 0 Å². The normalized spacial score (nSPS) is 11.5. The van der Waals surface area contributed by atoms with Crippen LogP contribution in [0, 0.1) is 6.92 Å². The first-order chi connectivity index (χ1) is 11.3. The fourth-order valence-electron chi connectivity index (χ4n) is 1.80. The number of nitrogens with zero attached hydrogens (tertiary/aromatic N) is 2. The quantitative estimate of drug-likeness (QED) is 0.817. The SMILES string of the molecule is COc1ncc(N(NC(=O)OC(C)(C)C)C(=O)OC(C)(C)C)cc1C. The number of methoxy groups -OCH3 is 1. The molecule has 0 unspecified atom stereocenters. The third-order valence-corrected chi connectivity index (χ3v) is 2.65. The van der Waals surface area contributed by atoms with Crippen molar-refractivity contribution in [1.29, 1.82) is 0 Å². The minimum absolute atomic E-state index is 0.318. The van der Waals surface area contributed by atoms with Crippen molar-refractivity contribution in [3.63, 3.8) is 0 Å². The topological polar surface area (TPSA) is 90.0 Å². The van der Waals surface area contributed by atoms with Gasteiger partial charge in [0, 0.05) is 5.56 Å². The van der Waals surface area contributed by atoms with Gasteiger partial charge < -0.3 is 14.2 Å². The lowest BCUT2D eigenvalue weighted by Gasteiger charge is -2.28. The number of amides is 2. The van der Waals surface area contributed by atoms with E-state index in [1.165, 1.54) is 13.3 Å². The summed E-state index contributed by atoms with van der Waals surface area (Å²) in [5.74, 6) is 0.421. The Kier molecular flexibility index (Phi) is 6.23. The van der Waals surface area contributed by atoms with Gasteiger partial charge in [-0.15, -0.1) is 0 Å². The van der Waals surface area contributed by atoms with Crippen molar-refractivity contribution in [2.75, 3.05) is 12.1 Å². The van der Waals surface area contributed by atoms with Crippen LogP contribution < -0.4 is 15.2 Å². The first-order valence-corrected chi connectivity index (χ1v) is 7.86. The van der Waals surface area contributed by atoms with E-state index in [1.54, 1.807) is 54.5 Å². The van der Waals surface area contributed by atoms with Crippen molar-refractivity contribution in [1.82, 2.24) is 10.4 Å². The largest absolute Gasteiger partial charge is 0.481 e. The smallest absolute Gasteiger partial charge is 0.434 e. The molecule has 0 aliphatic rings. The van der Waals surface area contributed by atoms with Gasteiger partial charge >= 0.3 is 12.2 Å². The van der Waals surface area contributed by atoms with E-state index in [0.29, 0.717) is 17.1 Å². The maximum Gasteiger partial charge on any atom is 0.434 e. The molecule has 0 aromatic carbocycles. The molecule has 1 rings (SSSR count). The third-order valence-electron chi connectivity index (χ3n) is 2.65. The van der Waals surface area contributed by atoms with Gasteiger partial charge in [0.2, 0.25) is 5.88 Å². The van der Waals surface area contributed by atoms with Crippen molar-refractivity contribution in [2.24, 2.45) is 0 Å². The number of hydrazine groups is 1. The van der Waals surface area contributed by atoms with Crippen LogP contribution in [0.4, 0.5) is 15.3 Å². The second-order valence-electron chi connectivity index (χ2n) is 7.45. The predicted molar refractivity (Wildman–Crippen MR) is 93.6 cm³/mol. The molecule has 8 nitrogen and oxygen atoms in total. The molecule has 1 N–H and O–H groups in total. The lowest BCUT2D eigenvalue weighted by molar-refractivity contribution is 0.0425. The van der Waals surface area contributed by atoms with Crippen LogP contribution in [0.1, 0.15) is 47.1 Å². The number of rotatable bonds is 2. The van der Waals surface area contributed by atoms with Crippen molar-refractivity contribution >= 4 is 17.9 Å². The summed E-state index contributed by atoms with van der Waals surface area (Å²) in [5.41, 5.74) is 1.96. The van der Waals surface area contributed by atoms with Crippen LogP contribution >= 0.6 is 0 Å². The molecule has 0 aliphatic carbocycles. The van der Waals surface area contributed by atoms with Crippen molar-refractivity contribution in [2.45, 2.75) is 59.7 Å². The molecular formula is C17H27N3O5. The fourth-order valence-corrected chi connectivity index (χ4v) is 1.80. The van der Waals surface area contributed by atoms with Gasteiger partial charge in [-0.25, -0.2) is 20.0 Å². The highest BCUT2D eigenvalue weighted by atomic mass is 16.6. The molecule has 1 aromatic rings. The number of nitrogens with one attached hydrogen (secondary N) is 1. The van der Waals surface area contributed by atoms with Crippen molar-refractivity contribution in [3.8, 4) is 5.88 Å². The monoisotopic (exact) mass is 353 g/mol. The van der Waals surface area contributed by atoms with E-state index in [-0.39, 0.29) is 0 Å². The molecule has 0 fully saturated rings. The van der Waals surface area contributed by atoms with E-state index < -0.39 is 23.4 Å². The molecule has 0 saturated carbocycles. The van der Waals surface area contributed by atoms with Crippen LogP contribution in [-0.4, -0.2) is 35.5 Å². The summed E-state index contributed by atoms with van der Waals surface area (Å²) in [4.78, 5) is 28.7. The van der Waals surface area contributed by atoms with E-state index in [4.69, 9.17) is 14.2 Å². The zero-order valence-corrected chi connectivity index (χ0v) is 16.1. The molecular weight excluding hydrogens is 326 g/mol. The maximum absolute atomic E-state index is 12.5. The summed E-state index contributed by atoms with van der Waals surface area (Å²) in [7, 11) is 1.50. The Morgan fingerprint density at radius 1 is 1.08 bits per heavy atom. The first kappa shape index (κ1) is 20.5. The zero-order valence-electron chi connectivity index (χ0n) is 16.1. The zero-order chi connectivity index (χ0) is 19.4. The molecule has 1 aromatic heterocycles. The van der Waals surface area contributed by atoms with Crippen LogP contribution in [0.25, 0.3) is 0 Å². The number of hydrogen-bond acceptors (Lipinski definition) is 6. The van der Waals surface area contributed by atoms with Gasteiger partial charge in [0.25, 0.3) is 0 Å². The van der Waals surface area contributed by atoms with E-state index in [9.17, 15) is 9.59 Å². The Morgan fingerprint density at radius 3 is 2.08 bits per heavy atom. The van der Waals surface area contributed by atoms with Gasteiger partial charge in [-0.1, -0.05) is 0 Å². The molecule has 8 heteroatoms. The highest BCUT2D eigenvalue weighted by molar-refractivity contribution is 5.90. The van der Waals surface area contributed by atoms with E-state index >= 15 is 0 Å². The van der Waals surface area contributed by atoms with Crippen LogP contribution in [0.15, 0.2) is 12.3 Å². The minimum atomic E-state index is -0.785. The van der Waals surface area contributed by atoms with Gasteiger partial charge in [-0.2, -0.15) is 5.01 Å². The van der Waals surface area contributed by atoms with Crippen molar-refractivity contribution in [3.05, 3.63) is 17.8 Å². The van der Waals surface area contributed by atoms with Gasteiger partial charge in [0.1, 0.15) is 11.2 Å². The van der Waals surface area contributed by atoms with Crippen LogP contribution in [0.2, 0.25) is 0 Å². The standard InChI is InChI=1S/C17H27N3O5/c1-11-9-12(10-18-13(11)23-8)20(15(22)25-17(5,6)7)19-14(21)24-16(2,3)4/h9-10H,1-8H3,(H,19,21). The lowest BCUT2D eigenvalue weighted by Crippen LogP contribution is -2.50. The van der Waals surface area contributed by atoms with E-state index in [1.807, 2.05) is 0 Å². The number of aromatic nitrogens is 1. The number of carbonyl (C=O) groups excluding carboxylic acids is 2. The highest BCUT2D eigenvalue weighted by Crippen LogP contribution is 2.22. The van der Waals surface area contributed by atoms with Gasteiger partial charge in [-0.3, -0.25) is 0 Å². The number of carbonyl (C=O) groups is 2. The Bertz CT molecular complexity index is 632. The molecule has 0 saturated heterocycles. The van der Waals surface area contributed by atoms with Crippen molar-refractivity contribution < 1.29 is 23.8 Å². The number of hydrogen-bond donors (Lipinski definition) is 1. The molecule has 0 spiro atoms. The summed E-state index contributed by atoms with van der Waals surface area (Å²) < 4.78 is 15.6. The molecule has 0 atom stereocenters. The summed E-state index contributed by atoms with van der Waals surface area (Å²) in [6.45, 7) is 12.1. The lowest BCUT2D eigenvalue weighted by atomic mass is 10.2. The summed E-state index contributed by atoms with van der Waals surface area (Å²) >= 11 is 0. The average molecular weight is 353 g/mol. The van der Waals surface area contributed by atoms with E-state index in [0.717, 1.165) is 5.01 Å². The number of aryl methyl sites for hydroxylation is 1. The van der Waals surface area contributed by atoms with Gasteiger partial charge in [-0.05, 0) is 54.5 Å². The molecule has 0 bridgehead atoms. The molecule has 140 valence electrons. The predicted octanol–water partition coefficient (Wildman–Crippen LogP) is 3.58. The molecule has 1 heterocycles. The number of pyridine rings is 1. The Balaban J connectivity index is 3.12. The minimum Gasteiger partial charge on any atom is -0.481 e. The Hall–Kier alpha value is -2.51. The molecule has 25 heavy (non-hydrogen) atoms. The van der Waals surface area contributed by atoms with E-state index in [2.05, 4.69) is 10.4 Å². The molecule has 2 amide bonds. The molecule has 0 radical (unpaired) electrons. The van der Waals surface area contributed by atoms with Crippen LogP contribution in [0.3, 0.4) is 0 Å². The molecule has 0 aliphatic heterocycles. The third kappa shape index (κ3) is 6.86. The van der Waals surface area contributed by atoms with Crippen LogP contribution in [0.5, 0.6) is 5.88 Å². The Morgan fingerprint density at radius 2 is 1.64 bits per heavy atom. The first-order valence-electron chi connectivity index (χ1n) is 7.86. The maximum atomic E-state index is 12.5.